The smallest absolute Gasteiger partial charge is 0.0110 e. The SMILES string of the molecule is CC.CCCCCCCCCN1CCN(C)CC1. The number of piperazine rings is 1. The largest absolute Gasteiger partial charge is 0.304 e. The molecule has 0 aromatic heterocycles. The van der Waals surface area contributed by atoms with E-state index in [4.69, 9.17) is 0 Å². The lowest BCUT2D eigenvalue weighted by molar-refractivity contribution is 0.152. The minimum atomic E-state index is 1.26. The average molecular weight is 256 g/mol. The quantitative estimate of drug-likeness (QED) is 0.605. The third-order valence-electron chi connectivity index (χ3n) is 3.67. The number of nitrogens with zero attached hydrogens (tertiary/aromatic N) is 2. The topological polar surface area (TPSA) is 6.48 Å². The van der Waals surface area contributed by atoms with Crippen molar-refractivity contribution in [2.75, 3.05) is 39.8 Å². The number of unbranched alkanes of at least 4 members (excludes halogenated alkanes) is 6. The predicted octanol–water partition coefficient (Wildman–Crippen LogP) is 4.01. The van der Waals surface area contributed by atoms with Crippen LogP contribution in [0.15, 0.2) is 0 Å². The van der Waals surface area contributed by atoms with Crippen LogP contribution in [0, 0.1) is 0 Å². The van der Waals surface area contributed by atoms with Gasteiger partial charge in [-0.25, -0.2) is 0 Å². The summed E-state index contributed by atoms with van der Waals surface area (Å²) >= 11 is 0. The Morgan fingerprint density at radius 1 is 0.722 bits per heavy atom. The number of likely N-dealkylation sites (N-methyl/N-ethyl adjacent to an activating group) is 1. The fourth-order valence-corrected chi connectivity index (χ4v) is 2.36. The lowest BCUT2D eigenvalue weighted by Crippen LogP contribution is -2.44. The molecule has 0 saturated carbocycles. The summed E-state index contributed by atoms with van der Waals surface area (Å²) in [6.07, 6.45) is 10.0. The summed E-state index contributed by atoms with van der Waals surface area (Å²) in [5.74, 6) is 0. The van der Waals surface area contributed by atoms with Gasteiger partial charge in [0.2, 0.25) is 0 Å². The molecule has 0 aromatic carbocycles. The summed E-state index contributed by atoms with van der Waals surface area (Å²) in [5.41, 5.74) is 0. The van der Waals surface area contributed by atoms with Crippen molar-refractivity contribution in [3.05, 3.63) is 0 Å². The predicted molar refractivity (Wildman–Crippen MR) is 83.3 cm³/mol. The molecule has 0 unspecified atom stereocenters. The maximum atomic E-state index is 2.63. The van der Waals surface area contributed by atoms with Gasteiger partial charge in [0.25, 0.3) is 0 Å². The zero-order chi connectivity index (χ0) is 13.6. The Hall–Kier alpha value is -0.0800. The van der Waals surface area contributed by atoms with Crippen LogP contribution in [0.3, 0.4) is 0 Å². The van der Waals surface area contributed by atoms with Crippen LogP contribution < -0.4 is 0 Å². The Morgan fingerprint density at radius 3 is 1.78 bits per heavy atom. The molecule has 0 bridgehead atoms. The molecule has 1 aliphatic heterocycles. The van der Waals surface area contributed by atoms with E-state index in [1.807, 2.05) is 13.8 Å². The monoisotopic (exact) mass is 256 g/mol. The van der Waals surface area contributed by atoms with Crippen molar-refractivity contribution in [3.63, 3.8) is 0 Å². The van der Waals surface area contributed by atoms with Crippen LogP contribution in [0.5, 0.6) is 0 Å². The molecule has 0 aromatic rings. The van der Waals surface area contributed by atoms with Gasteiger partial charge in [0.05, 0.1) is 0 Å². The van der Waals surface area contributed by atoms with Gasteiger partial charge in [0, 0.05) is 26.2 Å². The van der Waals surface area contributed by atoms with E-state index in [0.717, 1.165) is 0 Å². The van der Waals surface area contributed by atoms with Gasteiger partial charge in [-0.1, -0.05) is 59.3 Å². The van der Waals surface area contributed by atoms with Crippen LogP contribution in [-0.4, -0.2) is 49.6 Å². The van der Waals surface area contributed by atoms with Crippen molar-refractivity contribution < 1.29 is 0 Å². The van der Waals surface area contributed by atoms with Gasteiger partial charge >= 0.3 is 0 Å². The number of hydrogen-bond acceptors (Lipinski definition) is 2. The summed E-state index contributed by atoms with van der Waals surface area (Å²) in [6, 6.07) is 0. The first-order valence-corrected chi connectivity index (χ1v) is 8.24. The molecule has 0 aliphatic carbocycles. The van der Waals surface area contributed by atoms with E-state index in [-0.39, 0.29) is 0 Å². The van der Waals surface area contributed by atoms with Gasteiger partial charge in [-0.15, -0.1) is 0 Å². The van der Waals surface area contributed by atoms with E-state index < -0.39 is 0 Å². The van der Waals surface area contributed by atoms with Crippen LogP contribution >= 0.6 is 0 Å². The molecule has 0 N–H and O–H groups in total. The zero-order valence-electron chi connectivity index (χ0n) is 13.4. The summed E-state index contributed by atoms with van der Waals surface area (Å²) in [4.78, 5) is 5.06. The van der Waals surface area contributed by atoms with E-state index in [1.165, 1.54) is 77.7 Å². The van der Waals surface area contributed by atoms with Crippen molar-refractivity contribution in [1.29, 1.82) is 0 Å². The van der Waals surface area contributed by atoms with Gasteiger partial charge in [0.15, 0.2) is 0 Å². The Kier molecular flexibility index (Phi) is 13.3. The van der Waals surface area contributed by atoms with Gasteiger partial charge in [-0.2, -0.15) is 0 Å². The van der Waals surface area contributed by atoms with Gasteiger partial charge in [-0.3, -0.25) is 0 Å². The van der Waals surface area contributed by atoms with Crippen molar-refractivity contribution in [3.8, 4) is 0 Å². The third kappa shape index (κ3) is 9.90. The van der Waals surface area contributed by atoms with Crippen LogP contribution in [0.25, 0.3) is 0 Å². The Morgan fingerprint density at radius 2 is 1.22 bits per heavy atom. The second-order valence-corrected chi connectivity index (χ2v) is 5.27. The molecule has 1 fully saturated rings. The Balaban J connectivity index is 0.00000137. The van der Waals surface area contributed by atoms with Crippen LogP contribution in [0.4, 0.5) is 0 Å². The van der Waals surface area contributed by atoms with E-state index >= 15 is 0 Å². The Labute approximate surface area is 116 Å². The van der Waals surface area contributed by atoms with Gasteiger partial charge < -0.3 is 9.80 Å². The van der Waals surface area contributed by atoms with E-state index in [1.54, 1.807) is 0 Å². The standard InChI is InChI=1S/C14H30N2.C2H6/c1-3-4-5-6-7-8-9-10-16-13-11-15(2)12-14-16;1-2/h3-14H2,1-2H3;1-2H3. The van der Waals surface area contributed by atoms with Crippen molar-refractivity contribution >= 4 is 0 Å². The highest BCUT2D eigenvalue weighted by Crippen LogP contribution is 2.08. The molecule has 0 spiro atoms. The molecule has 1 heterocycles. The van der Waals surface area contributed by atoms with Crippen molar-refractivity contribution in [2.24, 2.45) is 0 Å². The summed E-state index contributed by atoms with van der Waals surface area (Å²) in [6.45, 7) is 12.7. The van der Waals surface area contributed by atoms with Crippen molar-refractivity contribution in [1.82, 2.24) is 9.80 Å². The second kappa shape index (κ2) is 13.4. The minimum Gasteiger partial charge on any atom is -0.304 e. The molecule has 18 heavy (non-hydrogen) atoms. The summed E-state index contributed by atoms with van der Waals surface area (Å²) in [5, 5.41) is 0. The van der Waals surface area contributed by atoms with Crippen molar-refractivity contribution in [2.45, 2.75) is 65.7 Å². The Bertz CT molecular complexity index is 151. The van der Waals surface area contributed by atoms with E-state index in [2.05, 4.69) is 23.8 Å². The highest BCUT2D eigenvalue weighted by atomic mass is 15.2. The number of hydrogen-bond donors (Lipinski definition) is 0. The molecule has 1 rings (SSSR count). The molecule has 0 amide bonds. The molecule has 0 atom stereocenters. The maximum Gasteiger partial charge on any atom is 0.0110 e. The normalized spacial score (nSPS) is 17.3. The van der Waals surface area contributed by atoms with Crippen LogP contribution in [-0.2, 0) is 0 Å². The molecule has 0 radical (unpaired) electrons. The fourth-order valence-electron chi connectivity index (χ4n) is 2.36. The van der Waals surface area contributed by atoms with Gasteiger partial charge in [0.1, 0.15) is 0 Å². The van der Waals surface area contributed by atoms with Gasteiger partial charge in [-0.05, 0) is 20.0 Å². The molecule has 1 aliphatic rings. The van der Waals surface area contributed by atoms with Crippen LogP contribution in [0.2, 0.25) is 0 Å². The first kappa shape index (κ1) is 17.9. The minimum absolute atomic E-state index is 1.26. The molecule has 1 saturated heterocycles. The highest BCUT2D eigenvalue weighted by molar-refractivity contribution is 4.68. The summed E-state index contributed by atoms with van der Waals surface area (Å²) in [7, 11) is 2.23. The second-order valence-electron chi connectivity index (χ2n) is 5.27. The average Bonchev–Trinajstić information content (AvgIpc) is 2.42. The molecule has 2 nitrogen and oxygen atoms in total. The molecular weight excluding hydrogens is 220 g/mol. The highest BCUT2D eigenvalue weighted by Gasteiger charge is 2.12. The first-order valence-electron chi connectivity index (χ1n) is 8.24. The molecular formula is C16H36N2. The molecule has 110 valence electrons. The maximum absolute atomic E-state index is 2.63. The molecule has 2 heteroatoms. The van der Waals surface area contributed by atoms with Crippen LogP contribution in [0.1, 0.15) is 65.7 Å². The lowest BCUT2D eigenvalue weighted by atomic mass is 10.1. The zero-order valence-corrected chi connectivity index (χ0v) is 13.4. The number of rotatable bonds is 8. The third-order valence-corrected chi connectivity index (χ3v) is 3.67. The van der Waals surface area contributed by atoms with E-state index in [9.17, 15) is 0 Å². The lowest BCUT2D eigenvalue weighted by Gasteiger charge is -2.32. The fraction of sp³-hybridized carbons (Fsp3) is 1.00. The van der Waals surface area contributed by atoms with E-state index in [0.29, 0.717) is 0 Å². The summed E-state index contributed by atoms with van der Waals surface area (Å²) < 4.78 is 0. The first-order chi connectivity index (χ1) is 8.83.